The molecule has 3 amide bonds. The molecule has 1 N–H and O–H groups in total. The van der Waals surface area contributed by atoms with Crippen molar-refractivity contribution in [3.05, 3.63) is 58.6 Å². The van der Waals surface area contributed by atoms with E-state index in [0.29, 0.717) is 30.1 Å². The molecule has 0 bridgehead atoms. The number of hydrogen-bond acceptors (Lipinski definition) is 5. The average Bonchev–Trinajstić information content (AvgIpc) is 3.03. The van der Waals surface area contributed by atoms with Gasteiger partial charge in [0.25, 0.3) is 5.91 Å². The van der Waals surface area contributed by atoms with Crippen LogP contribution >= 0.6 is 15.9 Å². The monoisotopic (exact) mass is 498 g/mol. The van der Waals surface area contributed by atoms with E-state index in [1.165, 1.54) is 17.0 Å². The maximum atomic E-state index is 12.9. The van der Waals surface area contributed by atoms with E-state index < -0.39 is 18.5 Å². The van der Waals surface area contributed by atoms with E-state index in [4.69, 9.17) is 4.74 Å². The van der Waals surface area contributed by atoms with Crippen LogP contribution in [-0.2, 0) is 19.1 Å². The first-order valence-electron chi connectivity index (χ1n) is 10.5. The number of carbonyl (C=O) groups excluding carboxylic acids is 4. The van der Waals surface area contributed by atoms with Crippen molar-refractivity contribution in [3.8, 4) is 0 Å². The van der Waals surface area contributed by atoms with Gasteiger partial charge in [0.1, 0.15) is 0 Å². The summed E-state index contributed by atoms with van der Waals surface area (Å²) in [6.07, 6.45) is 2.35. The minimum Gasteiger partial charge on any atom is -0.452 e. The van der Waals surface area contributed by atoms with Crippen LogP contribution in [0, 0.1) is 17.8 Å². The molecule has 166 valence electrons. The number of nitrogens with one attached hydrogen (secondary N) is 1. The Balaban J connectivity index is 1.41. The van der Waals surface area contributed by atoms with Crippen molar-refractivity contribution < 1.29 is 23.9 Å². The van der Waals surface area contributed by atoms with E-state index in [1.54, 1.807) is 36.4 Å². The molecule has 7 nitrogen and oxygen atoms in total. The van der Waals surface area contributed by atoms with Crippen molar-refractivity contribution >= 4 is 51.0 Å². The number of benzene rings is 2. The van der Waals surface area contributed by atoms with Gasteiger partial charge < -0.3 is 10.1 Å². The Hall–Kier alpha value is -3.00. The standard InChI is InChI=1S/C24H23BrN2O5/c1-14-5-10-19-20(11-14)23(30)27(22(19)29)18-4-2-3-15(12-18)24(31)32-13-21(28)26-17-8-6-16(25)7-9-17/h2-4,6-9,12,14,19-20H,5,10-11,13H2,1H3,(H,26,28)/t14-,19+,20+/m1/s1. The summed E-state index contributed by atoms with van der Waals surface area (Å²) in [5, 5.41) is 2.64. The van der Waals surface area contributed by atoms with Crippen molar-refractivity contribution in [2.24, 2.45) is 17.8 Å². The van der Waals surface area contributed by atoms with Gasteiger partial charge in [-0.25, -0.2) is 4.79 Å². The number of esters is 1. The number of anilines is 2. The minimum atomic E-state index is -0.706. The highest BCUT2D eigenvalue weighted by Gasteiger charge is 2.50. The summed E-state index contributed by atoms with van der Waals surface area (Å²) in [4.78, 5) is 51.5. The van der Waals surface area contributed by atoms with E-state index in [-0.39, 0.29) is 29.2 Å². The molecule has 1 heterocycles. The van der Waals surface area contributed by atoms with Crippen LogP contribution in [0.25, 0.3) is 0 Å². The first-order valence-corrected chi connectivity index (χ1v) is 11.3. The van der Waals surface area contributed by atoms with E-state index in [9.17, 15) is 19.2 Å². The summed E-state index contributed by atoms with van der Waals surface area (Å²) in [7, 11) is 0. The largest absolute Gasteiger partial charge is 0.452 e. The van der Waals surface area contributed by atoms with Crippen LogP contribution in [0.15, 0.2) is 53.0 Å². The molecule has 1 saturated carbocycles. The average molecular weight is 499 g/mol. The minimum absolute atomic E-state index is 0.169. The third kappa shape index (κ3) is 4.60. The highest BCUT2D eigenvalue weighted by Crippen LogP contribution is 2.42. The van der Waals surface area contributed by atoms with Gasteiger partial charge in [-0.1, -0.05) is 28.9 Å². The maximum absolute atomic E-state index is 12.9. The first kappa shape index (κ1) is 22.2. The summed E-state index contributed by atoms with van der Waals surface area (Å²) < 4.78 is 6.00. The predicted octanol–water partition coefficient (Wildman–Crippen LogP) is 4.17. The number of rotatable bonds is 5. The molecule has 1 saturated heterocycles. The number of ether oxygens (including phenoxy) is 1. The molecule has 32 heavy (non-hydrogen) atoms. The fraction of sp³-hybridized carbons (Fsp3) is 0.333. The second-order valence-corrected chi connectivity index (χ2v) is 9.24. The Morgan fingerprint density at radius 2 is 1.78 bits per heavy atom. The number of hydrogen-bond donors (Lipinski definition) is 1. The van der Waals surface area contributed by atoms with Gasteiger partial charge in [0, 0.05) is 10.2 Å². The van der Waals surface area contributed by atoms with E-state index in [1.807, 2.05) is 0 Å². The zero-order chi connectivity index (χ0) is 22.8. The number of fused-ring (bicyclic) bond motifs is 1. The Labute approximate surface area is 194 Å². The number of carbonyl (C=O) groups is 4. The van der Waals surface area contributed by atoms with Crippen molar-refractivity contribution in [1.82, 2.24) is 0 Å². The lowest BCUT2D eigenvalue weighted by atomic mass is 9.76. The van der Waals surface area contributed by atoms with Crippen LogP contribution in [0.5, 0.6) is 0 Å². The quantitative estimate of drug-likeness (QED) is 0.493. The molecule has 2 fully saturated rings. The SMILES string of the molecule is C[C@@H]1CC[C@@H]2C(=O)N(c3cccc(C(=O)OCC(=O)Nc4ccc(Br)cc4)c3)C(=O)[C@H]2C1. The second-order valence-electron chi connectivity index (χ2n) is 8.32. The third-order valence-electron chi connectivity index (χ3n) is 5.99. The predicted molar refractivity (Wildman–Crippen MR) is 122 cm³/mol. The molecule has 2 aromatic carbocycles. The molecule has 2 aromatic rings. The Kier molecular flexibility index (Phi) is 6.41. The molecule has 0 aromatic heterocycles. The summed E-state index contributed by atoms with van der Waals surface area (Å²) in [6.45, 7) is 1.64. The molecule has 1 aliphatic heterocycles. The number of nitrogens with zero attached hydrogens (tertiary/aromatic N) is 1. The Morgan fingerprint density at radius 3 is 2.53 bits per heavy atom. The van der Waals surface area contributed by atoms with Gasteiger partial charge in [-0.05, 0) is 67.6 Å². The summed E-state index contributed by atoms with van der Waals surface area (Å²) in [5.41, 5.74) is 1.11. The molecule has 0 radical (unpaired) electrons. The Bertz CT molecular complexity index is 1070. The van der Waals surface area contributed by atoms with Crippen molar-refractivity contribution in [2.45, 2.75) is 26.2 Å². The highest BCUT2D eigenvalue weighted by atomic mass is 79.9. The highest BCUT2D eigenvalue weighted by molar-refractivity contribution is 9.10. The van der Waals surface area contributed by atoms with Gasteiger partial charge >= 0.3 is 5.97 Å². The zero-order valence-corrected chi connectivity index (χ0v) is 19.1. The van der Waals surface area contributed by atoms with E-state index in [0.717, 1.165) is 10.9 Å². The zero-order valence-electron chi connectivity index (χ0n) is 17.5. The normalized spacial score (nSPS) is 22.4. The van der Waals surface area contributed by atoms with Crippen LogP contribution in [-0.4, -0.2) is 30.3 Å². The summed E-state index contributed by atoms with van der Waals surface area (Å²) in [5.74, 6) is -1.74. The van der Waals surface area contributed by atoms with Crippen LogP contribution in [0.4, 0.5) is 11.4 Å². The summed E-state index contributed by atoms with van der Waals surface area (Å²) >= 11 is 3.32. The lowest BCUT2D eigenvalue weighted by Gasteiger charge is -2.25. The third-order valence-corrected chi connectivity index (χ3v) is 6.52. The van der Waals surface area contributed by atoms with Gasteiger partial charge in [-0.2, -0.15) is 0 Å². The Morgan fingerprint density at radius 1 is 1.06 bits per heavy atom. The van der Waals surface area contributed by atoms with Crippen molar-refractivity contribution in [1.29, 1.82) is 0 Å². The second kappa shape index (κ2) is 9.24. The number of amides is 3. The molecular formula is C24H23BrN2O5. The van der Waals surface area contributed by atoms with Crippen LogP contribution in [0.2, 0.25) is 0 Å². The molecule has 4 rings (SSSR count). The van der Waals surface area contributed by atoms with Gasteiger partial charge in [0.05, 0.1) is 23.1 Å². The fourth-order valence-corrected chi connectivity index (χ4v) is 4.63. The van der Waals surface area contributed by atoms with Crippen LogP contribution in [0.1, 0.15) is 36.5 Å². The van der Waals surface area contributed by atoms with Crippen molar-refractivity contribution in [2.75, 3.05) is 16.8 Å². The fourth-order valence-electron chi connectivity index (χ4n) is 4.36. The molecular weight excluding hydrogens is 476 g/mol. The smallest absolute Gasteiger partial charge is 0.338 e. The maximum Gasteiger partial charge on any atom is 0.338 e. The molecule has 3 atom stereocenters. The number of imide groups is 1. The van der Waals surface area contributed by atoms with Crippen LogP contribution < -0.4 is 10.2 Å². The molecule has 0 spiro atoms. The van der Waals surface area contributed by atoms with Crippen LogP contribution in [0.3, 0.4) is 0 Å². The lowest BCUT2D eigenvalue weighted by molar-refractivity contribution is -0.122. The first-order chi connectivity index (χ1) is 15.3. The topological polar surface area (TPSA) is 92.8 Å². The van der Waals surface area contributed by atoms with Gasteiger partial charge in [-0.15, -0.1) is 0 Å². The van der Waals surface area contributed by atoms with Gasteiger partial charge in [-0.3, -0.25) is 19.3 Å². The van der Waals surface area contributed by atoms with E-state index in [2.05, 4.69) is 28.2 Å². The molecule has 0 unspecified atom stereocenters. The van der Waals surface area contributed by atoms with Gasteiger partial charge in [0.2, 0.25) is 11.8 Å². The number of halogens is 1. The molecule has 8 heteroatoms. The molecule has 1 aliphatic carbocycles. The van der Waals surface area contributed by atoms with Gasteiger partial charge in [0.15, 0.2) is 6.61 Å². The lowest BCUT2D eigenvalue weighted by Crippen LogP contribution is -2.31. The van der Waals surface area contributed by atoms with E-state index >= 15 is 0 Å². The molecule has 2 aliphatic rings. The van der Waals surface area contributed by atoms with Crippen molar-refractivity contribution in [3.63, 3.8) is 0 Å². The summed E-state index contributed by atoms with van der Waals surface area (Å²) in [6, 6.07) is 13.2.